The fraction of sp³-hybridized carbons (Fsp3) is 0.312. The normalized spacial score (nSPS) is 14.1. The first-order chi connectivity index (χ1) is 10.7. The van der Waals surface area contributed by atoms with Gasteiger partial charge < -0.3 is 20.0 Å². The number of thiocarbonyl (C=S) groups is 1. The van der Waals surface area contributed by atoms with Gasteiger partial charge >= 0.3 is 0 Å². The van der Waals surface area contributed by atoms with Gasteiger partial charge in [-0.3, -0.25) is 0 Å². The van der Waals surface area contributed by atoms with E-state index in [4.69, 9.17) is 28.2 Å². The molecule has 22 heavy (non-hydrogen) atoms. The molecule has 0 unspecified atom stereocenters. The van der Waals surface area contributed by atoms with Crippen molar-refractivity contribution in [2.45, 2.75) is 19.4 Å². The van der Waals surface area contributed by atoms with E-state index in [0.717, 1.165) is 30.2 Å². The van der Waals surface area contributed by atoms with Gasteiger partial charge in [0.2, 0.25) is 0 Å². The van der Waals surface area contributed by atoms with Crippen LogP contribution in [-0.4, -0.2) is 18.2 Å². The highest BCUT2D eigenvalue weighted by molar-refractivity contribution is 7.80. The number of hydrogen-bond donors (Lipinski definition) is 2. The third-order valence-electron chi connectivity index (χ3n) is 3.66. The Kier molecular flexibility index (Phi) is 4.85. The Morgan fingerprint density at radius 1 is 1.27 bits per heavy atom. The molecule has 0 atom stereocenters. The topological polar surface area (TPSA) is 40.4 Å². The van der Waals surface area contributed by atoms with Crippen molar-refractivity contribution in [1.29, 1.82) is 0 Å². The number of benzene rings is 1. The Morgan fingerprint density at radius 3 is 2.82 bits per heavy atom. The Labute approximate surface area is 140 Å². The lowest BCUT2D eigenvalue weighted by Crippen LogP contribution is -2.29. The van der Waals surface area contributed by atoms with Crippen molar-refractivity contribution in [3.63, 3.8) is 0 Å². The molecule has 0 bridgehead atoms. The van der Waals surface area contributed by atoms with Crippen LogP contribution in [0.25, 0.3) is 0 Å². The van der Waals surface area contributed by atoms with Crippen LogP contribution in [0.3, 0.4) is 0 Å². The van der Waals surface area contributed by atoms with Gasteiger partial charge in [-0.1, -0.05) is 11.6 Å². The summed E-state index contributed by atoms with van der Waals surface area (Å²) in [7, 11) is 0. The summed E-state index contributed by atoms with van der Waals surface area (Å²) in [6, 6.07) is 9.64. The van der Waals surface area contributed by atoms with Crippen LogP contribution in [0.5, 0.6) is 0 Å². The lowest BCUT2D eigenvalue weighted by Gasteiger charge is -2.22. The van der Waals surface area contributed by atoms with Gasteiger partial charge in [0.05, 0.1) is 24.2 Å². The maximum absolute atomic E-state index is 6.13. The summed E-state index contributed by atoms with van der Waals surface area (Å²) in [5.41, 5.74) is 2.08. The fourth-order valence-corrected chi connectivity index (χ4v) is 2.94. The average Bonchev–Trinajstić information content (AvgIpc) is 3.19. The second kappa shape index (κ2) is 7.03. The van der Waals surface area contributed by atoms with E-state index in [1.54, 1.807) is 6.26 Å². The molecule has 1 fully saturated rings. The number of furan rings is 1. The molecule has 1 aromatic carbocycles. The van der Waals surface area contributed by atoms with E-state index in [1.165, 1.54) is 12.8 Å². The minimum absolute atomic E-state index is 0.554. The molecule has 4 nitrogen and oxygen atoms in total. The summed E-state index contributed by atoms with van der Waals surface area (Å²) < 4.78 is 5.28. The summed E-state index contributed by atoms with van der Waals surface area (Å²) in [6.45, 7) is 2.70. The molecule has 0 aliphatic carbocycles. The minimum Gasteiger partial charge on any atom is -0.467 e. The molecule has 2 heterocycles. The highest BCUT2D eigenvalue weighted by Gasteiger charge is 2.16. The summed E-state index contributed by atoms with van der Waals surface area (Å²) in [5, 5.41) is 7.63. The number of rotatable bonds is 4. The van der Waals surface area contributed by atoms with E-state index >= 15 is 0 Å². The van der Waals surface area contributed by atoms with Crippen molar-refractivity contribution in [1.82, 2.24) is 5.32 Å². The molecule has 116 valence electrons. The average molecular weight is 336 g/mol. The van der Waals surface area contributed by atoms with Crippen molar-refractivity contribution in [2.75, 3.05) is 23.3 Å². The molecule has 1 aliphatic rings. The van der Waals surface area contributed by atoms with E-state index in [1.807, 2.05) is 30.3 Å². The van der Waals surface area contributed by atoms with Crippen LogP contribution in [0.2, 0.25) is 5.02 Å². The van der Waals surface area contributed by atoms with E-state index in [-0.39, 0.29) is 0 Å². The van der Waals surface area contributed by atoms with Crippen LogP contribution in [0.1, 0.15) is 18.6 Å². The number of anilines is 2. The predicted octanol–water partition coefficient (Wildman–Crippen LogP) is 4.02. The Balaban J connectivity index is 1.67. The maximum Gasteiger partial charge on any atom is 0.171 e. The van der Waals surface area contributed by atoms with Crippen LogP contribution in [-0.2, 0) is 6.54 Å². The second-order valence-corrected chi connectivity index (χ2v) is 6.09. The van der Waals surface area contributed by atoms with Crippen LogP contribution in [0.15, 0.2) is 41.0 Å². The van der Waals surface area contributed by atoms with E-state index < -0.39 is 0 Å². The minimum atomic E-state index is 0.554. The third kappa shape index (κ3) is 3.72. The molecular weight excluding hydrogens is 318 g/mol. The molecule has 2 N–H and O–H groups in total. The molecule has 1 aliphatic heterocycles. The summed E-state index contributed by atoms with van der Waals surface area (Å²) in [6.07, 6.45) is 4.10. The van der Waals surface area contributed by atoms with Gasteiger partial charge in [-0.15, -0.1) is 0 Å². The molecule has 0 saturated carbocycles. The van der Waals surface area contributed by atoms with Crippen LogP contribution >= 0.6 is 23.8 Å². The van der Waals surface area contributed by atoms with Crippen molar-refractivity contribution in [2.24, 2.45) is 0 Å². The molecule has 1 saturated heterocycles. The van der Waals surface area contributed by atoms with Crippen LogP contribution in [0.4, 0.5) is 11.4 Å². The first-order valence-electron chi connectivity index (χ1n) is 7.34. The summed E-state index contributed by atoms with van der Waals surface area (Å²) in [4.78, 5) is 2.35. The molecule has 3 rings (SSSR count). The van der Waals surface area contributed by atoms with Crippen molar-refractivity contribution < 1.29 is 4.42 Å². The van der Waals surface area contributed by atoms with Crippen molar-refractivity contribution >= 4 is 40.3 Å². The zero-order valence-electron chi connectivity index (χ0n) is 12.1. The van der Waals surface area contributed by atoms with Gasteiger partial charge in [-0.2, -0.15) is 0 Å². The number of nitrogens with zero attached hydrogens (tertiary/aromatic N) is 1. The monoisotopic (exact) mass is 335 g/mol. The Morgan fingerprint density at radius 2 is 2.09 bits per heavy atom. The third-order valence-corrected chi connectivity index (χ3v) is 4.14. The lowest BCUT2D eigenvalue weighted by atomic mass is 10.2. The molecule has 6 heteroatoms. The smallest absolute Gasteiger partial charge is 0.171 e. The molecule has 0 spiro atoms. The van der Waals surface area contributed by atoms with Gasteiger partial charge in [0.1, 0.15) is 5.76 Å². The summed E-state index contributed by atoms with van der Waals surface area (Å²) >= 11 is 11.5. The van der Waals surface area contributed by atoms with Gasteiger partial charge in [0.25, 0.3) is 0 Å². The molecular formula is C16H18ClN3OS. The molecule has 1 aromatic heterocycles. The van der Waals surface area contributed by atoms with Crippen LogP contribution < -0.4 is 15.5 Å². The van der Waals surface area contributed by atoms with E-state index in [0.29, 0.717) is 16.7 Å². The fourth-order valence-electron chi connectivity index (χ4n) is 2.59. The molecule has 0 radical (unpaired) electrons. The maximum atomic E-state index is 6.13. The quantitative estimate of drug-likeness (QED) is 0.826. The van der Waals surface area contributed by atoms with Crippen molar-refractivity contribution in [3.8, 4) is 0 Å². The number of hydrogen-bond acceptors (Lipinski definition) is 3. The zero-order chi connectivity index (χ0) is 15.4. The van der Waals surface area contributed by atoms with Gasteiger partial charge in [0, 0.05) is 18.1 Å². The van der Waals surface area contributed by atoms with Gasteiger partial charge in [-0.05, 0) is 55.4 Å². The molecule has 2 aromatic rings. The number of halogens is 1. The van der Waals surface area contributed by atoms with Gasteiger partial charge in [-0.25, -0.2) is 0 Å². The van der Waals surface area contributed by atoms with Crippen LogP contribution in [0, 0.1) is 0 Å². The lowest BCUT2D eigenvalue weighted by molar-refractivity contribution is 0.503. The Bertz CT molecular complexity index is 639. The second-order valence-electron chi connectivity index (χ2n) is 5.24. The largest absolute Gasteiger partial charge is 0.467 e. The zero-order valence-corrected chi connectivity index (χ0v) is 13.7. The standard InChI is InChI=1S/C16H18ClN3OS/c17-12-5-6-15(20-7-1-2-8-20)14(10-12)19-16(22)18-11-13-4-3-9-21-13/h3-6,9-10H,1-2,7-8,11H2,(H2,18,19,22). The first-order valence-corrected chi connectivity index (χ1v) is 8.13. The summed E-state index contributed by atoms with van der Waals surface area (Å²) in [5.74, 6) is 0.843. The number of nitrogens with one attached hydrogen (secondary N) is 2. The van der Waals surface area contributed by atoms with E-state index in [9.17, 15) is 0 Å². The molecule has 0 amide bonds. The predicted molar refractivity (Wildman–Crippen MR) is 94.7 cm³/mol. The highest BCUT2D eigenvalue weighted by Crippen LogP contribution is 2.31. The van der Waals surface area contributed by atoms with E-state index in [2.05, 4.69) is 15.5 Å². The Hall–Kier alpha value is -1.72. The first kappa shape index (κ1) is 15.2. The highest BCUT2D eigenvalue weighted by atomic mass is 35.5. The van der Waals surface area contributed by atoms with Crippen molar-refractivity contribution in [3.05, 3.63) is 47.4 Å². The van der Waals surface area contributed by atoms with Gasteiger partial charge in [0.15, 0.2) is 5.11 Å². The SMILES string of the molecule is S=C(NCc1ccco1)Nc1cc(Cl)ccc1N1CCCC1.